The van der Waals surface area contributed by atoms with Crippen LogP contribution in [0.2, 0.25) is 0 Å². The van der Waals surface area contributed by atoms with Gasteiger partial charge in [-0.2, -0.15) is 0 Å². The van der Waals surface area contributed by atoms with E-state index in [0.29, 0.717) is 24.3 Å². The fourth-order valence-electron chi connectivity index (χ4n) is 1.51. The van der Waals surface area contributed by atoms with Crippen molar-refractivity contribution in [2.75, 3.05) is 26.4 Å². The van der Waals surface area contributed by atoms with Gasteiger partial charge in [-0.3, -0.25) is 14.9 Å². The van der Waals surface area contributed by atoms with Crippen molar-refractivity contribution in [2.24, 2.45) is 0 Å². The molecule has 104 valence electrons. The molecule has 0 unspecified atom stereocenters. The zero-order chi connectivity index (χ0) is 14.3. The van der Waals surface area contributed by atoms with Gasteiger partial charge in [0.15, 0.2) is 0 Å². The van der Waals surface area contributed by atoms with Crippen LogP contribution in [0, 0.1) is 17.0 Å². The molecule has 0 radical (unpaired) electrons. The number of non-ortho nitro benzene ring substituents is 1. The molecule has 0 bridgehead atoms. The fraction of sp³-hybridized carbons (Fsp3) is 0.417. The average Bonchev–Trinajstić information content (AvgIpc) is 2.38. The quantitative estimate of drug-likeness (QED) is 0.429. The van der Waals surface area contributed by atoms with Crippen molar-refractivity contribution in [3.63, 3.8) is 0 Å². The van der Waals surface area contributed by atoms with Crippen LogP contribution in [-0.4, -0.2) is 42.3 Å². The molecule has 0 heterocycles. The number of amides is 1. The Morgan fingerprint density at radius 2 is 2.21 bits per heavy atom. The molecule has 1 rings (SSSR count). The van der Waals surface area contributed by atoms with Gasteiger partial charge < -0.3 is 15.2 Å². The molecule has 0 aromatic heterocycles. The molecule has 1 amide bonds. The largest absolute Gasteiger partial charge is 0.394 e. The molecule has 0 saturated heterocycles. The Labute approximate surface area is 110 Å². The fourth-order valence-corrected chi connectivity index (χ4v) is 1.51. The average molecular weight is 268 g/mol. The summed E-state index contributed by atoms with van der Waals surface area (Å²) in [6, 6.07) is 4.08. The topological polar surface area (TPSA) is 102 Å². The maximum Gasteiger partial charge on any atom is 0.269 e. The predicted molar refractivity (Wildman–Crippen MR) is 68.1 cm³/mol. The van der Waals surface area contributed by atoms with Crippen LogP contribution >= 0.6 is 0 Å². The summed E-state index contributed by atoms with van der Waals surface area (Å²) >= 11 is 0. The molecule has 1 aromatic rings. The maximum absolute atomic E-state index is 11.8. The Hall–Kier alpha value is -1.99. The van der Waals surface area contributed by atoms with E-state index in [-0.39, 0.29) is 24.8 Å². The summed E-state index contributed by atoms with van der Waals surface area (Å²) in [6.07, 6.45) is 0. The number of ether oxygens (including phenoxy) is 1. The van der Waals surface area contributed by atoms with E-state index in [1.807, 2.05) is 0 Å². The number of hydrogen-bond acceptors (Lipinski definition) is 5. The smallest absolute Gasteiger partial charge is 0.269 e. The number of nitro groups is 1. The van der Waals surface area contributed by atoms with Crippen LogP contribution in [0.4, 0.5) is 5.69 Å². The van der Waals surface area contributed by atoms with Gasteiger partial charge in [0.1, 0.15) is 0 Å². The number of rotatable bonds is 7. The summed E-state index contributed by atoms with van der Waals surface area (Å²) in [5, 5.41) is 21.7. The molecule has 2 N–H and O–H groups in total. The second-order valence-corrected chi connectivity index (χ2v) is 3.85. The second-order valence-electron chi connectivity index (χ2n) is 3.85. The molecule has 0 aliphatic heterocycles. The monoisotopic (exact) mass is 268 g/mol. The predicted octanol–water partition coefficient (Wildman–Crippen LogP) is 0.642. The van der Waals surface area contributed by atoms with E-state index in [9.17, 15) is 14.9 Å². The van der Waals surface area contributed by atoms with Gasteiger partial charge in [-0.25, -0.2) is 0 Å². The Morgan fingerprint density at radius 1 is 1.47 bits per heavy atom. The number of nitrogens with one attached hydrogen (secondary N) is 1. The number of carbonyl (C=O) groups excluding carboxylic acids is 1. The Morgan fingerprint density at radius 3 is 2.79 bits per heavy atom. The zero-order valence-corrected chi connectivity index (χ0v) is 10.6. The van der Waals surface area contributed by atoms with Crippen LogP contribution in [0.25, 0.3) is 0 Å². The third-order valence-electron chi connectivity index (χ3n) is 2.43. The second kappa shape index (κ2) is 7.45. The van der Waals surface area contributed by atoms with Crippen molar-refractivity contribution in [3.8, 4) is 0 Å². The van der Waals surface area contributed by atoms with Gasteiger partial charge in [0, 0.05) is 24.2 Å². The molecule has 0 aliphatic carbocycles. The lowest BCUT2D eigenvalue weighted by Gasteiger charge is -2.07. The van der Waals surface area contributed by atoms with Crippen LogP contribution in [-0.2, 0) is 4.74 Å². The number of aliphatic hydroxyl groups excluding tert-OH is 1. The molecule has 7 nitrogen and oxygen atoms in total. The standard InChI is InChI=1S/C12H16N2O5/c1-9-8-10(14(17)18)2-3-11(9)12(16)13-4-6-19-7-5-15/h2-3,8,15H,4-7H2,1H3,(H,13,16). The van der Waals surface area contributed by atoms with Gasteiger partial charge >= 0.3 is 0 Å². The Kier molecular flexibility index (Phi) is 5.91. The minimum atomic E-state index is -0.503. The number of hydrogen-bond donors (Lipinski definition) is 2. The van der Waals surface area contributed by atoms with Crippen LogP contribution in [0.5, 0.6) is 0 Å². The van der Waals surface area contributed by atoms with Crippen molar-refractivity contribution in [1.29, 1.82) is 0 Å². The summed E-state index contributed by atoms with van der Waals surface area (Å²) in [5.41, 5.74) is 0.899. The van der Waals surface area contributed by atoms with Crippen molar-refractivity contribution in [2.45, 2.75) is 6.92 Å². The molecule has 1 aromatic carbocycles. The molecule has 0 spiro atoms. The van der Waals surface area contributed by atoms with E-state index in [4.69, 9.17) is 9.84 Å². The molecule has 0 atom stereocenters. The third kappa shape index (κ3) is 4.65. The van der Waals surface area contributed by atoms with Gasteiger partial charge in [-0.15, -0.1) is 0 Å². The first-order valence-corrected chi connectivity index (χ1v) is 5.78. The Bertz CT molecular complexity index is 461. The minimum Gasteiger partial charge on any atom is -0.394 e. The van der Waals surface area contributed by atoms with E-state index in [2.05, 4.69) is 5.32 Å². The first kappa shape index (κ1) is 15.1. The SMILES string of the molecule is Cc1cc([N+](=O)[O-])ccc1C(=O)NCCOCCO. The number of carbonyl (C=O) groups is 1. The summed E-state index contributed by atoms with van der Waals surface area (Å²) < 4.78 is 5.00. The van der Waals surface area contributed by atoms with Gasteiger partial charge in [0.2, 0.25) is 0 Å². The van der Waals surface area contributed by atoms with Crippen molar-refractivity contribution >= 4 is 11.6 Å². The van der Waals surface area contributed by atoms with Crippen LogP contribution in [0.3, 0.4) is 0 Å². The lowest BCUT2D eigenvalue weighted by Crippen LogP contribution is -2.28. The molecule has 7 heteroatoms. The van der Waals surface area contributed by atoms with Gasteiger partial charge in [0.05, 0.1) is 24.7 Å². The molecule has 0 saturated carbocycles. The lowest BCUT2D eigenvalue weighted by atomic mass is 10.1. The summed E-state index contributed by atoms with van der Waals surface area (Å²) in [7, 11) is 0. The van der Waals surface area contributed by atoms with E-state index >= 15 is 0 Å². The summed E-state index contributed by atoms with van der Waals surface area (Å²) in [5.74, 6) is -0.306. The normalized spacial score (nSPS) is 10.2. The summed E-state index contributed by atoms with van der Waals surface area (Å²) in [6.45, 7) is 2.43. The van der Waals surface area contributed by atoms with E-state index in [1.54, 1.807) is 6.92 Å². The number of benzene rings is 1. The van der Waals surface area contributed by atoms with Crippen LogP contribution in [0.15, 0.2) is 18.2 Å². The first-order valence-electron chi connectivity index (χ1n) is 5.78. The Balaban J connectivity index is 2.55. The number of nitrogens with zero attached hydrogens (tertiary/aromatic N) is 1. The molecule has 0 aliphatic rings. The van der Waals surface area contributed by atoms with Crippen LogP contribution < -0.4 is 5.32 Å². The van der Waals surface area contributed by atoms with Crippen molar-refractivity contribution < 1.29 is 19.6 Å². The van der Waals surface area contributed by atoms with Gasteiger partial charge in [-0.05, 0) is 18.6 Å². The third-order valence-corrected chi connectivity index (χ3v) is 2.43. The van der Waals surface area contributed by atoms with E-state index in [1.165, 1.54) is 18.2 Å². The highest BCUT2D eigenvalue weighted by atomic mass is 16.6. The number of aliphatic hydroxyl groups is 1. The number of aryl methyl sites for hydroxylation is 1. The highest BCUT2D eigenvalue weighted by Crippen LogP contribution is 2.16. The maximum atomic E-state index is 11.8. The highest BCUT2D eigenvalue weighted by molar-refractivity contribution is 5.95. The van der Waals surface area contributed by atoms with E-state index in [0.717, 1.165) is 0 Å². The first-order chi connectivity index (χ1) is 9.06. The van der Waals surface area contributed by atoms with Gasteiger partial charge in [0.25, 0.3) is 11.6 Å². The highest BCUT2D eigenvalue weighted by Gasteiger charge is 2.12. The zero-order valence-electron chi connectivity index (χ0n) is 10.6. The van der Waals surface area contributed by atoms with Gasteiger partial charge in [-0.1, -0.05) is 0 Å². The lowest BCUT2D eigenvalue weighted by molar-refractivity contribution is -0.384. The molecular formula is C12H16N2O5. The van der Waals surface area contributed by atoms with Crippen molar-refractivity contribution in [1.82, 2.24) is 5.32 Å². The minimum absolute atomic E-state index is 0.0414. The molecular weight excluding hydrogens is 252 g/mol. The van der Waals surface area contributed by atoms with Crippen LogP contribution in [0.1, 0.15) is 15.9 Å². The van der Waals surface area contributed by atoms with Crippen molar-refractivity contribution in [3.05, 3.63) is 39.4 Å². The number of nitro benzene ring substituents is 1. The summed E-state index contributed by atoms with van der Waals surface area (Å²) in [4.78, 5) is 21.9. The molecule has 0 fully saturated rings. The van der Waals surface area contributed by atoms with E-state index < -0.39 is 4.92 Å². The molecule has 19 heavy (non-hydrogen) atoms.